The SMILES string of the molecule is O=C1CN(C2CCCCC2)[C@H]2CS(=O)(=O)C[C@H]2N1c1cccc(Cl)c1. The predicted octanol–water partition coefficient (Wildman–Crippen LogP) is 2.49. The van der Waals surface area contributed by atoms with E-state index in [-0.39, 0.29) is 29.5 Å². The van der Waals surface area contributed by atoms with Crippen molar-refractivity contribution in [1.29, 1.82) is 0 Å². The summed E-state index contributed by atoms with van der Waals surface area (Å²) in [5, 5.41) is 0.553. The van der Waals surface area contributed by atoms with Gasteiger partial charge in [-0.2, -0.15) is 0 Å². The molecule has 0 bridgehead atoms. The van der Waals surface area contributed by atoms with E-state index in [1.807, 2.05) is 6.07 Å². The Kier molecular flexibility index (Phi) is 4.54. The Morgan fingerprint density at radius 3 is 2.48 bits per heavy atom. The molecule has 1 aromatic rings. The number of sulfone groups is 1. The van der Waals surface area contributed by atoms with Crippen LogP contribution in [0, 0.1) is 0 Å². The lowest BCUT2D eigenvalue weighted by atomic mass is 9.91. The van der Waals surface area contributed by atoms with Crippen molar-refractivity contribution in [1.82, 2.24) is 4.90 Å². The van der Waals surface area contributed by atoms with Gasteiger partial charge in [0.1, 0.15) is 0 Å². The predicted molar refractivity (Wildman–Crippen MR) is 98.7 cm³/mol. The maximum absolute atomic E-state index is 13.0. The molecule has 2 aliphatic heterocycles. The number of benzene rings is 1. The van der Waals surface area contributed by atoms with Gasteiger partial charge < -0.3 is 4.90 Å². The molecule has 0 spiro atoms. The minimum Gasteiger partial charge on any atom is -0.306 e. The van der Waals surface area contributed by atoms with E-state index < -0.39 is 9.84 Å². The normalized spacial score (nSPS) is 30.4. The number of halogens is 1. The third kappa shape index (κ3) is 3.32. The van der Waals surface area contributed by atoms with Crippen LogP contribution in [-0.2, 0) is 14.6 Å². The molecule has 0 unspecified atom stereocenters. The lowest BCUT2D eigenvalue weighted by Gasteiger charge is -2.47. The van der Waals surface area contributed by atoms with Crippen molar-refractivity contribution in [3.8, 4) is 0 Å². The Balaban J connectivity index is 1.69. The van der Waals surface area contributed by atoms with Gasteiger partial charge in [-0.15, -0.1) is 0 Å². The molecule has 1 saturated carbocycles. The summed E-state index contributed by atoms with van der Waals surface area (Å²) in [7, 11) is -3.14. The van der Waals surface area contributed by atoms with Gasteiger partial charge in [0.05, 0.1) is 24.1 Å². The fraction of sp³-hybridized carbons (Fsp3) is 0.611. The molecule has 25 heavy (non-hydrogen) atoms. The van der Waals surface area contributed by atoms with Gasteiger partial charge in [-0.1, -0.05) is 36.9 Å². The number of amides is 1. The van der Waals surface area contributed by atoms with Gasteiger partial charge in [0.25, 0.3) is 0 Å². The molecule has 2 heterocycles. The molecule has 5 nitrogen and oxygen atoms in total. The van der Waals surface area contributed by atoms with Crippen LogP contribution in [0.25, 0.3) is 0 Å². The van der Waals surface area contributed by atoms with E-state index >= 15 is 0 Å². The fourth-order valence-electron chi connectivity index (χ4n) is 4.68. The van der Waals surface area contributed by atoms with Crippen LogP contribution in [0.3, 0.4) is 0 Å². The second kappa shape index (κ2) is 6.56. The smallest absolute Gasteiger partial charge is 0.241 e. The Morgan fingerprint density at radius 2 is 1.76 bits per heavy atom. The minimum atomic E-state index is -3.14. The molecular formula is C18H23ClN2O3S. The van der Waals surface area contributed by atoms with Crippen LogP contribution in [0.2, 0.25) is 5.02 Å². The first-order chi connectivity index (χ1) is 11.9. The average Bonchev–Trinajstić information content (AvgIpc) is 2.89. The zero-order valence-electron chi connectivity index (χ0n) is 14.1. The molecular weight excluding hydrogens is 360 g/mol. The topological polar surface area (TPSA) is 57.7 Å². The van der Waals surface area contributed by atoms with Gasteiger partial charge >= 0.3 is 0 Å². The van der Waals surface area contributed by atoms with Crippen molar-refractivity contribution in [2.75, 3.05) is 23.0 Å². The highest BCUT2D eigenvalue weighted by atomic mass is 35.5. The van der Waals surface area contributed by atoms with Crippen molar-refractivity contribution in [2.24, 2.45) is 0 Å². The maximum atomic E-state index is 13.0. The number of carbonyl (C=O) groups is 1. The standard InChI is InChI=1S/C18H23ClN2O3S/c19-13-5-4-8-15(9-13)21-17-12-25(23,24)11-16(17)20(10-18(21)22)14-6-2-1-3-7-14/h4-5,8-9,14,16-17H,1-3,6-7,10-12H2/t16-,17+/m0/s1. The van der Waals surface area contributed by atoms with Crippen LogP contribution >= 0.6 is 11.6 Å². The lowest BCUT2D eigenvalue weighted by molar-refractivity contribution is -0.124. The highest BCUT2D eigenvalue weighted by Crippen LogP contribution is 2.36. The molecule has 2 atom stereocenters. The molecule has 1 aliphatic carbocycles. The van der Waals surface area contributed by atoms with Gasteiger partial charge in [0, 0.05) is 22.8 Å². The summed E-state index contributed by atoms with van der Waals surface area (Å²) in [6.07, 6.45) is 5.69. The largest absolute Gasteiger partial charge is 0.306 e. The van der Waals surface area contributed by atoms with Crippen molar-refractivity contribution in [3.05, 3.63) is 29.3 Å². The molecule has 1 aromatic carbocycles. The van der Waals surface area contributed by atoms with Crippen LogP contribution in [0.15, 0.2) is 24.3 Å². The first-order valence-electron chi connectivity index (χ1n) is 8.98. The summed E-state index contributed by atoms with van der Waals surface area (Å²) in [5.74, 6) is 0.170. The average molecular weight is 383 g/mol. The summed E-state index contributed by atoms with van der Waals surface area (Å²) >= 11 is 6.09. The quantitative estimate of drug-likeness (QED) is 0.788. The van der Waals surface area contributed by atoms with Crippen LogP contribution in [0.5, 0.6) is 0 Å². The molecule has 136 valence electrons. The summed E-state index contributed by atoms with van der Waals surface area (Å²) in [6, 6.07) is 7.06. The van der Waals surface area contributed by atoms with E-state index in [9.17, 15) is 13.2 Å². The number of fused-ring (bicyclic) bond motifs is 1. The van der Waals surface area contributed by atoms with Crippen molar-refractivity contribution in [3.63, 3.8) is 0 Å². The molecule has 1 amide bonds. The lowest BCUT2D eigenvalue weighted by Crippen LogP contribution is -2.64. The molecule has 7 heteroatoms. The number of nitrogens with zero attached hydrogens (tertiary/aromatic N) is 2. The Bertz CT molecular complexity index is 776. The zero-order valence-corrected chi connectivity index (χ0v) is 15.7. The number of hydrogen-bond acceptors (Lipinski definition) is 4. The summed E-state index contributed by atoms with van der Waals surface area (Å²) in [6.45, 7) is 0.299. The summed E-state index contributed by atoms with van der Waals surface area (Å²) in [5.41, 5.74) is 0.702. The second-order valence-corrected chi connectivity index (χ2v) is 10.0. The van der Waals surface area contributed by atoms with E-state index in [2.05, 4.69) is 4.90 Å². The van der Waals surface area contributed by atoms with Crippen LogP contribution in [0.1, 0.15) is 32.1 Å². The Hall–Kier alpha value is -1.11. The molecule has 3 fully saturated rings. The van der Waals surface area contributed by atoms with Crippen molar-refractivity contribution >= 4 is 33.0 Å². The van der Waals surface area contributed by atoms with Crippen molar-refractivity contribution < 1.29 is 13.2 Å². The van der Waals surface area contributed by atoms with Gasteiger partial charge in [-0.05, 0) is 31.0 Å². The van der Waals surface area contributed by atoms with E-state index in [1.54, 1.807) is 23.1 Å². The zero-order chi connectivity index (χ0) is 17.6. The van der Waals surface area contributed by atoms with Gasteiger partial charge in [0.15, 0.2) is 9.84 Å². The molecule has 0 radical (unpaired) electrons. The number of carbonyl (C=O) groups excluding carboxylic acids is 1. The van der Waals surface area contributed by atoms with E-state index in [4.69, 9.17) is 11.6 Å². The van der Waals surface area contributed by atoms with Crippen LogP contribution < -0.4 is 4.90 Å². The Morgan fingerprint density at radius 1 is 1.04 bits per heavy atom. The van der Waals surface area contributed by atoms with E-state index in [0.717, 1.165) is 25.7 Å². The number of rotatable bonds is 2. The maximum Gasteiger partial charge on any atom is 0.241 e. The number of hydrogen-bond donors (Lipinski definition) is 0. The number of anilines is 1. The second-order valence-electron chi connectivity index (χ2n) is 7.42. The molecule has 3 aliphatic rings. The third-order valence-corrected chi connectivity index (χ3v) is 7.70. The third-order valence-electron chi connectivity index (χ3n) is 5.77. The Labute approximate surface area is 153 Å². The first kappa shape index (κ1) is 17.3. The van der Waals surface area contributed by atoms with E-state index in [1.165, 1.54) is 6.42 Å². The highest BCUT2D eigenvalue weighted by Gasteiger charge is 2.51. The summed E-state index contributed by atoms with van der Waals surface area (Å²) in [4.78, 5) is 16.8. The highest BCUT2D eigenvalue weighted by molar-refractivity contribution is 7.91. The van der Waals surface area contributed by atoms with Gasteiger partial charge in [0.2, 0.25) is 5.91 Å². The molecule has 4 rings (SSSR count). The van der Waals surface area contributed by atoms with Crippen LogP contribution in [0.4, 0.5) is 5.69 Å². The molecule has 0 aromatic heterocycles. The first-order valence-corrected chi connectivity index (χ1v) is 11.2. The summed E-state index contributed by atoms with van der Waals surface area (Å²) < 4.78 is 24.8. The minimum absolute atomic E-state index is 0.0220. The number of piperazine rings is 1. The monoisotopic (exact) mass is 382 g/mol. The van der Waals surface area contributed by atoms with Crippen LogP contribution in [-0.4, -0.2) is 55.4 Å². The van der Waals surface area contributed by atoms with E-state index in [0.29, 0.717) is 23.3 Å². The fourth-order valence-corrected chi connectivity index (χ4v) is 6.83. The van der Waals surface area contributed by atoms with Crippen molar-refractivity contribution in [2.45, 2.75) is 50.2 Å². The van der Waals surface area contributed by atoms with Gasteiger partial charge in [-0.3, -0.25) is 9.69 Å². The molecule has 2 saturated heterocycles. The molecule has 0 N–H and O–H groups in total. The van der Waals surface area contributed by atoms with Gasteiger partial charge in [-0.25, -0.2) is 8.42 Å².